The van der Waals surface area contributed by atoms with E-state index in [9.17, 15) is 24.0 Å². The number of rotatable bonds is 7. The van der Waals surface area contributed by atoms with Crippen LogP contribution in [0.3, 0.4) is 0 Å². The van der Waals surface area contributed by atoms with Crippen molar-refractivity contribution in [1.29, 1.82) is 0 Å². The number of nitrogens with one attached hydrogen (secondary N) is 1. The minimum Gasteiger partial charge on any atom is -0.463 e. The van der Waals surface area contributed by atoms with Crippen LogP contribution in [0.5, 0.6) is 0 Å². The Labute approximate surface area is 184 Å². The molecule has 0 unspecified atom stereocenters. The minimum atomic E-state index is -1.46. The van der Waals surface area contributed by atoms with Crippen LogP contribution in [0, 0.1) is 0 Å². The van der Waals surface area contributed by atoms with E-state index in [0.717, 1.165) is 13.8 Å². The smallest absolute Gasteiger partial charge is 0.340 e. The van der Waals surface area contributed by atoms with Crippen LogP contribution in [0.15, 0.2) is 30.3 Å². The summed E-state index contributed by atoms with van der Waals surface area (Å²) in [6.45, 7) is 4.23. The number of ether oxygens (including phenoxy) is 5. The molecule has 0 saturated carbocycles. The van der Waals surface area contributed by atoms with Gasteiger partial charge in [-0.15, -0.1) is 0 Å². The second kappa shape index (κ2) is 11.2. The summed E-state index contributed by atoms with van der Waals surface area (Å²) in [5, 5.41) is 2.52. The summed E-state index contributed by atoms with van der Waals surface area (Å²) in [5.74, 6) is -3.43. The van der Waals surface area contributed by atoms with Gasteiger partial charge in [0, 0.05) is 27.7 Å². The van der Waals surface area contributed by atoms with Gasteiger partial charge in [-0.25, -0.2) is 4.79 Å². The van der Waals surface area contributed by atoms with Crippen molar-refractivity contribution in [1.82, 2.24) is 5.32 Å². The Balaban J connectivity index is 2.42. The molecule has 1 heterocycles. The standard InChI is InChI=1S/C21H25NO10/c1-11(23)22-17-19(30-14(4)26)18(29-13(3)25)16(10-28-12(2)24)31-21(17)32-20(27)15-8-6-5-7-9-15/h5-9,16-19,21H,10H2,1-4H3,(H,22,23)/t16-,17+,18-,19+,21-/m1/s1. The third kappa shape index (κ3) is 7.05. The first-order valence-corrected chi connectivity index (χ1v) is 9.75. The Morgan fingerprint density at radius 1 is 0.844 bits per heavy atom. The van der Waals surface area contributed by atoms with E-state index in [1.807, 2.05) is 0 Å². The zero-order valence-electron chi connectivity index (χ0n) is 18.1. The molecule has 1 amide bonds. The first kappa shape index (κ1) is 24.8. The van der Waals surface area contributed by atoms with Gasteiger partial charge in [-0.05, 0) is 12.1 Å². The zero-order valence-corrected chi connectivity index (χ0v) is 18.1. The van der Waals surface area contributed by atoms with Crippen LogP contribution >= 0.6 is 0 Å². The third-order valence-corrected chi connectivity index (χ3v) is 4.30. The van der Waals surface area contributed by atoms with Crippen molar-refractivity contribution in [3.05, 3.63) is 35.9 Å². The van der Waals surface area contributed by atoms with Gasteiger partial charge in [0.25, 0.3) is 0 Å². The summed E-state index contributed by atoms with van der Waals surface area (Å²) >= 11 is 0. The molecule has 11 heteroatoms. The molecule has 1 aromatic rings. The fourth-order valence-corrected chi connectivity index (χ4v) is 3.14. The Morgan fingerprint density at radius 3 is 1.97 bits per heavy atom. The van der Waals surface area contributed by atoms with Gasteiger partial charge in [0.2, 0.25) is 12.2 Å². The van der Waals surface area contributed by atoms with Gasteiger partial charge in [0.05, 0.1) is 5.56 Å². The number of hydrogen-bond donors (Lipinski definition) is 1. The second-order valence-electron chi connectivity index (χ2n) is 6.99. The molecule has 1 aliphatic rings. The average Bonchev–Trinajstić information content (AvgIpc) is 2.70. The maximum absolute atomic E-state index is 12.6. The van der Waals surface area contributed by atoms with Crippen molar-refractivity contribution in [3.63, 3.8) is 0 Å². The fraction of sp³-hybridized carbons (Fsp3) is 0.476. The Morgan fingerprint density at radius 2 is 1.44 bits per heavy atom. The van der Waals surface area contributed by atoms with Gasteiger partial charge in [-0.3, -0.25) is 19.2 Å². The van der Waals surface area contributed by atoms with Crippen molar-refractivity contribution in [2.45, 2.75) is 58.3 Å². The molecule has 1 saturated heterocycles. The van der Waals surface area contributed by atoms with Crippen molar-refractivity contribution < 1.29 is 47.7 Å². The predicted octanol–water partition coefficient (Wildman–Crippen LogP) is 0.499. The summed E-state index contributed by atoms with van der Waals surface area (Å²) in [6.07, 6.45) is -5.18. The largest absolute Gasteiger partial charge is 0.463 e. The minimum absolute atomic E-state index is 0.209. The SMILES string of the molecule is CC(=O)N[C@@H]1[C@@H](OC(=O)c2ccccc2)O[C@H](COC(C)=O)[C@@H](OC(C)=O)[C@H]1OC(C)=O. The molecular formula is C21H25NO10. The number of hydrogen-bond acceptors (Lipinski definition) is 10. The van der Waals surface area contributed by atoms with E-state index in [4.69, 9.17) is 23.7 Å². The van der Waals surface area contributed by atoms with Crippen molar-refractivity contribution in [2.24, 2.45) is 0 Å². The number of esters is 4. The molecule has 0 radical (unpaired) electrons. The number of carbonyl (C=O) groups excluding carboxylic acids is 5. The lowest BCUT2D eigenvalue weighted by Gasteiger charge is -2.44. The maximum atomic E-state index is 12.6. The van der Waals surface area contributed by atoms with Crippen molar-refractivity contribution in [2.75, 3.05) is 6.61 Å². The second-order valence-corrected chi connectivity index (χ2v) is 6.99. The van der Waals surface area contributed by atoms with Gasteiger partial charge >= 0.3 is 23.9 Å². The normalized spacial score (nSPS) is 24.6. The van der Waals surface area contributed by atoms with Crippen molar-refractivity contribution >= 4 is 29.8 Å². The lowest BCUT2D eigenvalue weighted by molar-refractivity contribution is -0.263. The summed E-state index contributed by atoms with van der Waals surface area (Å²) < 4.78 is 26.8. The van der Waals surface area contributed by atoms with E-state index < -0.39 is 67.0 Å². The summed E-state index contributed by atoms with van der Waals surface area (Å²) in [5.41, 5.74) is 0.209. The van der Waals surface area contributed by atoms with Gasteiger partial charge in [-0.1, -0.05) is 18.2 Å². The van der Waals surface area contributed by atoms with Crippen LogP contribution in [0.1, 0.15) is 38.1 Å². The summed E-state index contributed by atoms with van der Waals surface area (Å²) in [4.78, 5) is 59.3. The molecule has 174 valence electrons. The lowest BCUT2D eigenvalue weighted by atomic mass is 9.96. The molecule has 1 fully saturated rings. The molecule has 1 N–H and O–H groups in total. The number of carbonyl (C=O) groups is 5. The molecule has 5 atom stereocenters. The van der Waals surface area contributed by atoms with Crippen LogP contribution in [-0.4, -0.2) is 67.0 Å². The lowest BCUT2D eigenvalue weighted by Crippen LogP contribution is -2.66. The molecule has 0 spiro atoms. The zero-order chi connectivity index (χ0) is 23.8. The van der Waals surface area contributed by atoms with E-state index >= 15 is 0 Å². The van der Waals surface area contributed by atoms with Crippen LogP contribution in [0.2, 0.25) is 0 Å². The maximum Gasteiger partial charge on any atom is 0.340 e. The molecule has 0 aliphatic carbocycles. The quantitative estimate of drug-likeness (QED) is 0.460. The van der Waals surface area contributed by atoms with Gasteiger partial charge in [0.1, 0.15) is 18.8 Å². The molecule has 0 bridgehead atoms. The first-order valence-electron chi connectivity index (χ1n) is 9.75. The van der Waals surface area contributed by atoms with E-state index in [2.05, 4.69) is 5.32 Å². The molecule has 1 aliphatic heterocycles. The molecule has 1 aromatic carbocycles. The average molecular weight is 451 g/mol. The molecular weight excluding hydrogens is 426 g/mol. The monoisotopic (exact) mass is 451 g/mol. The Kier molecular flexibility index (Phi) is 8.71. The van der Waals surface area contributed by atoms with Crippen LogP contribution < -0.4 is 5.32 Å². The molecule has 2 rings (SSSR count). The predicted molar refractivity (Wildman–Crippen MR) is 106 cm³/mol. The number of amides is 1. The van der Waals surface area contributed by atoms with Gasteiger partial charge < -0.3 is 29.0 Å². The van der Waals surface area contributed by atoms with Gasteiger partial charge in [0.15, 0.2) is 12.2 Å². The molecule has 11 nitrogen and oxygen atoms in total. The van der Waals surface area contributed by atoms with Crippen LogP contribution in [0.25, 0.3) is 0 Å². The van der Waals surface area contributed by atoms with E-state index in [1.165, 1.54) is 26.0 Å². The van der Waals surface area contributed by atoms with Gasteiger partial charge in [-0.2, -0.15) is 0 Å². The first-order chi connectivity index (χ1) is 15.1. The number of benzene rings is 1. The van der Waals surface area contributed by atoms with E-state index in [0.29, 0.717) is 0 Å². The Hall–Kier alpha value is -3.47. The fourth-order valence-electron chi connectivity index (χ4n) is 3.14. The highest BCUT2D eigenvalue weighted by Gasteiger charge is 2.52. The summed E-state index contributed by atoms with van der Waals surface area (Å²) in [6, 6.07) is 6.78. The van der Waals surface area contributed by atoms with Crippen molar-refractivity contribution in [3.8, 4) is 0 Å². The third-order valence-electron chi connectivity index (χ3n) is 4.30. The summed E-state index contributed by atoms with van der Waals surface area (Å²) in [7, 11) is 0. The molecule has 0 aromatic heterocycles. The molecule has 32 heavy (non-hydrogen) atoms. The van der Waals surface area contributed by atoms with E-state index in [-0.39, 0.29) is 5.56 Å². The Bertz CT molecular complexity index is 855. The highest BCUT2D eigenvalue weighted by molar-refractivity contribution is 5.89. The van der Waals surface area contributed by atoms with Crippen LogP contribution in [0.4, 0.5) is 0 Å². The van der Waals surface area contributed by atoms with E-state index in [1.54, 1.807) is 18.2 Å². The highest BCUT2D eigenvalue weighted by Crippen LogP contribution is 2.28. The topological polar surface area (TPSA) is 144 Å². The van der Waals surface area contributed by atoms with Crippen LogP contribution in [-0.2, 0) is 42.9 Å². The highest BCUT2D eigenvalue weighted by atomic mass is 16.7.